The third-order valence-corrected chi connectivity index (χ3v) is 3.58. The average Bonchev–Trinajstić information content (AvgIpc) is 2.71. The molecular formula is C18H28N2O8. The summed E-state index contributed by atoms with van der Waals surface area (Å²) >= 11 is 0. The fraction of sp³-hybridized carbons (Fsp3) is 0.500. The molecule has 0 radical (unpaired) electrons. The highest BCUT2D eigenvalue weighted by Gasteiger charge is 2.29. The second kappa shape index (κ2) is 11.9. The Morgan fingerprint density at radius 1 is 1.14 bits per heavy atom. The van der Waals surface area contributed by atoms with Gasteiger partial charge in [-0.25, -0.2) is 14.4 Å². The predicted molar refractivity (Wildman–Crippen MR) is 100 cm³/mol. The molecule has 3 atom stereocenters. The SMILES string of the molecule is O=C(O)[C@H](O)[C@@H](O)C(=O)O.[2H]C([2H])N(C([2H])[2H])[C@@H](C)c1cccc(OC(=O)N(C)CC)c1. The first kappa shape index (κ1) is 18.7. The Morgan fingerprint density at radius 3 is 2.11 bits per heavy atom. The first-order chi connectivity index (χ1) is 14.7. The van der Waals surface area contributed by atoms with Crippen LogP contribution in [0.1, 0.15) is 30.9 Å². The van der Waals surface area contributed by atoms with Crippen LogP contribution in [0.15, 0.2) is 24.3 Å². The quantitative estimate of drug-likeness (QED) is 0.513. The van der Waals surface area contributed by atoms with Crippen molar-refractivity contribution in [3.8, 4) is 5.75 Å². The summed E-state index contributed by atoms with van der Waals surface area (Å²) in [7, 11) is 1.63. The number of carboxylic acids is 2. The Bertz CT molecular complexity index is 742. The molecule has 4 N–H and O–H groups in total. The maximum absolute atomic E-state index is 11.7. The number of carboxylic acid groups (broad SMARTS) is 2. The van der Waals surface area contributed by atoms with E-state index in [1.807, 2.05) is 6.92 Å². The molecular weight excluding hydrogens is 372 g/mol. The number of aliphatic carboxylic acids is 2. The monoisotopic (exact) mass is 404 g/mol. The number of hydrogen-bond donors (Lipinski definition) is 4. The van der Waals surface area contributed by atoms with Gasteiger partial charge in [-0.15, -0.1) is 0 Å². The van der Waals surface area contributed by atoms with Crippen molar-refractivity contribution in [3.63, 3.8) is 0 Å². The van der Waals surface area contributed by atoms with Crippen LogP contribution in [0, 0.1) is 0 Å². The third kappa shape index (κ3) is 8.33. The number of hydrogen-bond acceptors (Lipinski definition) is 7. The van der Waals surface area contributed by atoms with Gasteiger partial charge in [0.2, 0.25) is 0 Å². The van der Waals surface area contributed by atoms with Crippen LogP contribution in [0.4, 0.5) is 4.79 Å². The Morgan fingerprint density at radius 2 is 1.68 bits per heavy atom. The average molecular weight is 404 g/mol. The van der Waals surface area contributed by atoms with Gasteiger partial charge in [0.1, 0.15) is 5.75 Å². The third-order valence-electron chi connectivity index (χ3n) is 3.58. The van der Waals surface area contributed by atoms with E-state index in [0.717, 1.165) is 4.90 Å². The maximum Gasteiger partial charge on any atom is 0.414 e. The molecule has 0 saturated carbocycles. The highest BCUT2D eigenvalue weighted by atomic mass is 16.6. The number of amides is 1. The summed E-state index contributed by atoms with van der Waals surface area (Å²) in [6.07, 6.45) is -5.00. The van der Waals surface area contributed by atoms with Gasteiger partial charge < -0.3 is 35.0 Å². The smallest absolute Gasteiger partial charge is 0.414 e. The number of nitrogens with zero attached hydrogens (tertiary/aromatic N) is 2. The van der Waals surface area contributed by atoms with Gasteiger partial charge in [0, 0.05) is 25.1 Å². The van der Waals surface area contributed by atoms with Gasteiger partial charge in [-0.2, -0.15) is 0 Å². The summed E-state index contributed by atoms with van der Waals surface area (Å²) in [6, 6.07) is 6.24. The molecule has 10 nitrogen and oxygen atoms in total. The largest absolute Gasteiger partial charge is 0.479 e. The van der Waals surface area contributed by atoms with Crippen molar-refractivity contribution in [2.75, 3.05) is 27.6 Å². The molecule has 0 bridgehead atoms. The van der Waals surface area contributed by atoms with E-state index < -0.39 is 50.3 Å². The van der Waals surface area contributed by atoms with E-state index in [0.29, 0.717) is 17.9 Å². The van der Waals surface area contributed by atoms with Gasteiger partial charge >= 0.3 is 18.0 Å². The number of aliphatic hydroxyl groups excluding tert-OH is 2. The van der Waals surface area contributed by atoms with Crippen molar-refractivity contribution < 1.29 is 45.0 Å². The first-order valence-corrected chi connectivity index (χ1v) is 8.05. The normalized spacial score (nSPS) is 15.9. The number of carbonyl (C=O) groups is 3. The fourth-order valence-electron chi connectivity index (χ4n) is 1.59. The number of rotatable bonds is 7. The van der Waals surface area contributed by atoms with E-state index >= 15 is 0 Å². The highest BCUT2D eigenvalue weighted by molar-refractivity contribution is 5.83. The van der Waals surface area contributed by atoms with Crippen LogP contribution in [-0.4, -0.2) is 88.1 Å². The van der Waals surface area contributed by atoms with Gasteiger partial charge in [-0.3, -0.25) is 0 Å². The Balaban J connectivity index is 0.000000809. The Kier molecular flexibility index (Phi) is 7.93. The lowest BCUT2D eigenvalue weighted by Gasteiger charge is -2.21. The standard InChI is InChI=1S/C14H22N2O2.C4H6O6/c1-6-16(5)14(17)18-13-9-7-8-12(10-13)11(2)15(3)4;5-1(3(7)8)2(6)4(9)10/h7-11H,6H2,1-5H3;1-2,5-6H,(H,7,8)(H,9,10)/t11-;1-,2-/m01/s1/i3D2,4D2;. The van der Waals surface area contributed by atoms with Crippen LogP contribution in [0.25, 0.3) is 0 Å². The van der Waals surface area contributed by atoms with Gasteiger partial charge in [-0.1, -0.05) is 12.1 Å². The first-order valence-electron chi connectivity index (χ1n) is 10.4. The Hall–Kier alpha value is -2.69. The second-order valence-corrected chi connectivity index (χ2v) is 5.64. The van der Waals surface area contributed by atoms with Crippen molar-refractivity contribution in [1.82, 2.24) is 9.80 Å². The molecule has 1 aromatic rings. The molecule has 0 saturated heterocycles. The molecule has 1 aromatic carbocycles. The Labute approximate surface area is 169 Å². The van der Waals surface area contributed by atoms with Crippen LogP contribution in [0.3, 0.4) is 0 Å². The van der Waals surface area contributed by atoms with E-state index in [1.165, 1.54) is 4.90 Å². The molecule has 10 heteroatoms. The lowest BCUT2D eigenvalue weighted by molar-refractivity contribution is -0.165. The van der Waals surface area contributed by atoms with Crippen LogP contribution in [0.2, 0.25) is 0 Å². The second-order valence-electron chi connectivity index (χ2n) is 5.64. The van der Waals surface area contributed by atoms with Crippen molar-refractivity contribution in [1.29, 1.82) is 0 Å². The summed E-state index contributed by atoms with van der Waals surface area (Å²) in [4.78, 5) is 33.8. The molecule has 158 valence electrons. The number of benzene rings is 1. The molecule has 0 aliphatic heterocycles. The molecule has 0 aliphatic rings. The van der Waals surface area contributed by atoms with Gasteiger partial charge in [0.25, 0.3) is 0 Å². The highest BCUT2D eigenvalue weighted by Crippen LogP contribution is 2.22. The number of carbonyl (C=O) groups excluding carboxylic acids is 1. The number of aliphatic hydroxyl groups is 2. The van der Waals surface area contributed by atoms with Crippen molar-refractivity contribution >= 4 is 18.0 Å². The summed E-state index contributed by atoms with van der Waals surface area (Å²) in [5.41, 5.74) is 0.679. The lowest BCUT2D eigenvalue weighted by atomic mass is 10.1. The fourth-order valence-corrected chi connectivity index (χ4v) is 1.59. The summed E-state index contributed by atoms with van der Waals surface area (Å²) in [6.45, 7) is 1.23. The van der Waals surface area contributed by atoms with E-state index in [4.69, 9.17) is 30.6 Å². The molecule has 28 heavy (non-hydrogen) atoms. The van der Waals surface area contributed by atoms with Crippen molar-refractivity contribution in [3.05, 3.63) is 29.8 Å². The molecule has 0 heterocycles. The summed E-state index contributed by atoms with van der Waals surface area (Å²) in [5.74, 6) is -3.18. The van der Waals surface area contributed by atoms with Crippen LogP contribution in [-0.2, 0) is 9.59 Å². The molecule has 0 fully saturated rings. The zero-order chi connectivity index (χ0) is 25.2. The predicted octanol–water partition coefficient (Wildman–Crippen LogP) is 0.637. The molecule has 1 rings (SSSR count). The minimum absolute atomic E-state index is 0.354. The molecule has 0 spiro atoms. The molecule has 0 aliphatic carbocycles. The van der Waals surface area contributed by atoms with Crippen LogP contribution >= 0.6 is 0 Å². The van der Waals surface area contributed by atoms with E-state index in [-0.39, 0.29) is 0 Å². The molecule has 0 aromatic heterocycles. The van der Waals surface area contributed by atoms with E-state index in [9.17, 15) is 14.4 Å². The van der Waals surface area contributed by atoms with Crippen LogP contribution < -0.4 is 4.74 Å². The minimum Gasteiger partial charge on any atom is -0.479 e. The number of ether oxygens (including phenoxy) is 1. The topological polar surface area (TPSA) is 148 Å². The van der Waals surface area contributed by atoms with Gasteiger partial charge in [-0.05, 0) is 45.5 Å². The molecule has 1 amide bonds. The summed E-state index contributed by atoms with van der Waals surface area (Å²) in [5, 5.41) is 32.5. The minimum atomic E-state index is -2.27. The maximum atomic E-state index is 11.7. The van der Waals surface area contributed by atoms with E-state index in [1.54, 1.807) is 38.2 Å². The van der Waals surface area contributed by atoms with Crippen molar-refractivity contribution in [2.45, 2.75) is 32.1 Å². The van der Waals surface area contributed by atoms with Crippen LogP contribution in [0.5, 0.6) is 5.75 Å². The molecule has 0 unspecified atom stereocenters. The summed E-state index contributed by atoms with van der Waals surface area (Å²) < 4.78 is 35.1. The van der Waals surface area contributed by atoms with Gasteiger partial charge in [0.05, 0.1) is 0 Å². The van der Waals surface area contributed by atoms with Gasteiger partial charge in [0.15, 0.2) is 12.2 Å². The zero-order valence-electron chi connectivity index (χ0n) is 19.7. The van der Waals surface area contributed by atoms with Crippen molar-refractivity contribution in [2.24, 2.45) is 0 Å². The lowest BCUT2D eigenvalue weighted by Crippen LogP contribution is -2.39. The zero-order valence-corrected chi connectivity index (χ0v) is 15.7. The van der Waals surface area contributed by atoms with E-state index in [2.05, 4.69) is 0 Å².